The number of nitrogens with one attached hydrogen (secondary N) is 2. The van der Waals surface area contributed by atoms with Crippen molar-refractivity contribution in [1.82, 2.24) is 15.5 Å². The smallest absolute Gasteiger partial charge is 0.272 e. The first kappa shape index (κ1) is 14.8. The molecular weight excluding hydrogens is 274 g/mol. The Morgan fingerprint density at radius 2 is 1.95 bits per heavy atom. The van der Waals surface area contributed by atoms with Crippen LogP contribution >= 0.6 is 0 Å². The van der Waals surface area contributed by atoms with Crippen molar-refractivity contribution >= 4 is 5.91 Å². The number of amides is 1. The van der Waals surface area contributed by atoms with E-state index < -0.39 is 0 Å². The van der Waals surface area contributed by atoms with Gasteiger partial charge in [0.25, 0.3) is 5.91 Å². The van der Waals surface area contributed by atoms with E-state index in [-0.39, 0.29) is 5.91 Å². The van der Waals surface area contributed by atoms with Crippen LogP contribution in [-0.2, 0) is 19.4 Å². The summed E-state index contributed by atoms with van der Waals surface area (Å²) in [6.07, 6.45) is 4.28. The van der Waals surface area contributed by atoms with Crippen molar-refractivity contribution in [3.63, 3.8) is 0 Å². The average molecular weight is 297 g/mol. The summed E-state index contributed by atoms with van der Waals surface area (Å²) in [6.45, 7) is 4.90. The number of nitrogens with zero attached hydrogens (tertiary/aromatic N) is 1. The number of fused-ring (bicyclic) bond motifs is 1. The highest BCUT2D eigenvalue weighted by molar-refractivity contribution is 5.94. The first-order valence-corrected chi connectivity index (χ1v) is 8.08. The van der Waals surface area contributed by atoms with Crippen LogP contribution in [0.15, 0.2) is 24.3 Å². The fourth-order valence-electron chi connectivity index (χ4n) is 2.96. The summed E-state index contributed by atoms with van der Waals surface area (Å²) >= 11 is 0. The van der Waals surface area contributed by atoms with Crippen LogP contribution in [0.4, 0.5) is 0 Å². The lowest BCUT2D eigenvalue weighted by Crippen LogP contribution is -2.24. The van der Waals surface area contributed by atoms with Gasteiger partial charge in [-0.25, -0.2) is 0 Å². The Hall–Kier alpha value is -2.10. The van der Waals surface area contributed by atoms with E-state index in [2.05, 4.69) is 53.6 Å². The molecule has 1 aromatic carbocycles. The number of H-pyrrole nitrogens is 1. The molecule has 1 aliphatic carbocycles. The molecule has 116 valence electrons. The van der Waals surface area contributed by atoms with E-state index in [0.29, 0.717) is 18.2 Å². The zero-order valence-electron chi connectivity index (χ0n) is 13.3. The number of rotatable bonds is 4. The largest absolute Gasteiger partial charge is 0.347 e. The molecule has 4 nitrogen and oxygen atoms in total. The van der Waals surface area contributed by atoms with Crippen LogP contribution in [0.1, 0.15) is 65.5 Å². The Bertz CT molecular complexity index is 655. The summed E-state index contributed by atoms with van der Waals surface area (Å²) in [5.41, 5.74) is 5.25. The van der Waals surface area contributed by atoms with Gasteiger partial charge in [0.2, 0.25) is 0 Å². The summed E-state index contributed by atoms with van der Waals surface area (Å²) in [7, 11) is 0. The number of hydrogen-bond donors (Lipinski definition) is 2. The molecule has 1 aliphatic rings. The second-order valence-corrected chi connectivity index (χ2v) is 6.32. The summed E-state index contributed by atoms with van der Waals surface area (Å²) in [6, 6.07) is 8.41. The lowest BCUT2D eigenvalue weighted by Gasteiger charge is -2.11. The highest BCUT2D eigenvalue weighted by atomic mass is 16.1. The van der Waals surface area contributed by atoms with Gasteiger partial charge in [0.05, 0.1) is 0 Å². The SMILES string of the molecule is CC(C)c1ccc(CNC(=O)c2n[nH]c3c2CCCC3)cc1. The molecule has 0 fully saturated rings. The van der Waals surface area contributed by atoms with E-state index in [1.165, 1.54) is 12.0 Å². The molecule has 2 aromatic rings. The fourth-order valence-corrected chi connectivity index (χ4v) is 2.96. The average Bonchev–Trinajstić information content (AvgIpc) is 2.97. The third-order valence-electron chi connectivity index (χ3n) is 4.37. The van der Waals surface area contributed by atoms with Gasteiger partial charge in [0.15, 0.2) is 5.69 Å². The van der Waals surface area contributed by atoms with Crippen molar-refractivity contribution in [3.05, 3.63) is 52.3 Å². The van der Waals surface area contributed by atoms with Crippen LogP contribution in [0.5, 0.6) is 0 Å². The lowest BCUT2D eigenvalue weighted by molar-refractivity contribution is 0.0945. The number of aryl methyl sites for hydroxylation is 1. The predicted octanol–water partition coefficient (Wildman–Crippen LogP) is 3.34. The maximum absolute atomic E-state index is 12.3. The van der Waals surface area contributed by atoms with Crippen LogP contribution in [0, 0.1) is 0 Å². The van der Waals surface area contributed by atoms with Gasteiger partial charge < -0.3 is 5.32 Å². The van der Waals surface area contributed by atoms with Crippen molar-refractivity contribution in [2.24, 2.45) is 0 Å². The Morgan fingerprint density at radius 1 is 1.23 bits per heavy atom. The van der Waals surface area contributed by atoms with E-state index in [1.807, 2.05) is 0 Å². The van der Waals surface area contributed by atoms with Gasteiger partial charge in [-0.3, -0.25) is 9.89 Å². The minimum absolute atomic E-state index is 0.0765. The van der Waals surface area contributed by atoms with Crippen LogP contribution in [0.2, 0.25) is 0 Å². The second-order valence-electron chi connectivity index (χ2n) is 6.32. The van der Waals surface area contributed by atoms with E-state index in [0.717, 1.165) is 36.1 Å². The molecule has 0 bridgehead atoms. The molecule has 0 atom stereocenters. The van der Waals surface area contributed by atoms with E-state index in [1.54, 1.807) is 0 Å². The van der Waals surface area contributed by atoms with Crippen molar-refractivity contribution in [2.45, 2.75) is 52.0 Å². The van der Waals surface area contributed by atoms with Crippen molar-refractivity contribution in [3.8, 4) is 0 Å². The second kappa shape index (κ2) is 6.34. The predicted molar refractivity (Wildman–Crippen MR) is 86.9 cm³/mol. The van der Waals surface area contributed by atoms with E-state index in [4.69, 9.17) is 0 Å². The normalized spacial score (nSPS) is 14.0. The number of carbonyl (C=O) groups is 1. The summed E-state index contributed by atoms with van der Waals surface area (Å²) in [4.78, 5) is 12.3. The third kappa shape index (κ3) is 3.06. The van der Waals surface area contributed by atoms with Gasteiger partial charge in [-0.1, -0.05) is 38.1 Å². The zero-order chi connectivity index (χ0) is 15.5. The van der Waals surface area contributed by atoms with Crippen LogP contribution in [0.25, 0.3) is 0 Å². The molecule has 1 heterocycles. The Labute approximate surface area is 131 Å². The molecule has 0 aliphatic heterocycles. The fraction of sp³-hybridized carbons (Fsp3) is 0.444. The quantitative estimate of drug-likeness (QED) is 0.909. The van der Waals surface area contributed by atoms with Gasteiger partial charge in [-0.05, 0) is 42.7 Å². The summed E-state index contributed by atoms with van der Waals surface area (Å²) in [5.74, 6) is 0.451. The van der Waals surface area contributed by atoms with Crippen LogP contribution in [0.3, 0.4) is 0 Å². The van der Waals surface area contributed by atoms with Gasteiger partial charge >= 0.3 is 0 Å². The van der Waals surface area contributed by atoms with E-state index >= 15 is 0 Å². The summed E-state index contributed by atoms with van der Waals surface area (Å²) < 4.78 is 0. The Morgan fingerprint density at radius 3 is 2.68 bits per heavy atom. The molecule has 0 spiro atoms. The minimum atomic E-state index is -0.0765. The number of aromatic amines is 1. The van der Waals surface area contributed by atoms with Gasteiger partial charge in [-0.15, -0.1) is 0 Å². The van der Waals surface area contributed by atoms with Crippen molar-refractivity contribution < 1.29 is 4.79 Å². The first-order valence-electron chi connectivity index (χ1n) is 8.08. The number of aromatic nitrogens is 2. The number of benzene rings is 1. The Balaban J connectivity index is 1.64. The monoisotopic (exact) mass is 297 g/mol. The molecule has 1 aromatic heterocycles. The molecular formula is C18H23N3O. The lowest BCUT2D eigenvalue weighted by atomic mass is 9.96. The Kier molecular flexibility index (Phi) is 4.27. The molecule has 1 amide bonds. The standard InChI is InChI=1S/C18H23N3O/c1-12(2)14-9-7-13(8-10-14)11-19-18(22)17-15-5-3-4-6-16(15)20-21-17/h7-10,12H,3-6,11H2,1-2H3,(H,19,22)(H,20,21). The molecule has 2 N–H and O–H groups in total. The molecule has 22 heavy (non-hydrogen) atoms. The highest BCUT2D eigenvalue weighted by Gasteiger charge is 2.21. The number of hydrogen-bond acceptors (Lipinski definition) is 2. The van der Waals surface area contributed by atoms with Gasteiger partial charge in [0, 0.05) is 17.8 Å². The highest BCUT2D eigenvalue weighted by Crippen LogP contribution is 2.22. The molecule has 0 saturated heterocycles. The van der Waals surface area contributed by atoms with Crippen molar-refractivity contribution in [1.29, 1.82) is 0 Å². The number of carbonyl (C=O) groups excluding carboxylic acids is 1. The molecule has 0 saturated carbocycles. The molecule has 4 heteroatoms. The maximum atomic E-state index is 12.3. The van der Waals surface area contributed by atoms with Crippen LogP contribution in [-0.4, -0.2) is 16.1 Å². The minimum Gasteiger partial charge on any atom is -0.347 e. The van der Waals surface area contributed by atoms with Gasteiger partial charge in [-0.2, -0.15) is 5.10 Å². The zero-order valence-corrected chi connectivity index (χ0v) is 13.3. The van der Waals surface area contributed by atoms with Gasteiger partial charge in [0.1, 0.15) is 0 Å². The first-order chi connectivity index (χ1) is 10.6. The third-order valence-corrected chi connectivity index (χ3v) is 4.37. The molecule has 0 unspecified atom stereocenters. The topological polar surface area (TPSA) is 57.8 Å². The molecule has 3 rings (SSSR count). The van der Waals surface area contributed by atoms with E-state index in [9.17, 15) is 4.79 Å². The van der Waals surface area contributed by atoms with Crippen LogP contribution < -0.4 is 5.32 Å². The maximum Gasteiger partial charge on any atom is 0.272 e. The summed E-state index contributed by atoms with van der Waals surface area (Å²) in [5, 5.41) is 10.2. The van der Waals surface area contributed by atoms with Crippen molar-refractivity contribution in [2.75, 3.05) is 0 Å². The molecule has 0 radical (unpaired) electrons.